The van der Waals surface area contributed by atoms with E-state index in [1.807, 2.05) is 0 Å². The van der Waals surface area contributed by atoms with E-state index in [0.29, 0.717) is 0 Å². The van der Waals surface area contributed by atoms with Crippen LogP contribution < -0.4 is 5.32 Å². The minimum absolute atomic E-state index is 0.754. The topological polar surface area (TPSA) is 15.3 Å². The number of hydrogen-bond acceptors (Lipinski definition) is 2. The molecule has 0 aromatic heterocycles. The van der Waals surface area contributed by atoms with E-state index in [1.165, 1.54) is 32.4 Å². The average Bonchev–Trinajstić information content (AvgIpc) is 2.58. The second-order valence-electron chi connectivity index (χ2n) is 4.50. The predicted molar refractivity (Wildman–Crippen MR) is 51.2 cm³/mol. The molecule has 0 aromatic rings. The van der Waals surface area contributed by atoms with Crippen LogP contribution in [0, 0.1) is 5.92 Å². The third-order valence-electron chi connectivity index (χ3n) is 3.51. The zero-order chi connectivity index (χ0) is 8.55. The van der Waals surface area contributed by atoms with E-state index < -0.39 is 0 Å². The number of nitrogens with one attached hydrogen (secondary N) is 1. The molecule has 0 radical (unpaired) electrons. The molecule has 1 N–H and O–H groups in total. The van der Waals surface area contributed by atoms with Crippen LogP contribution >= 0.6 is 0 Å². The van der Waals surface area contributed by atoms with E-state index >= 15 is 0 Å². The number of hydrogen-bond donors (Lipinski definition) is 1. The lowest BCUT2D eigenvalue weighted by Crippen LogP contribution is -2.33. The maximum absolute atomic E-state index is 3.54. The van der Waals surface area contributed by atoms with Gasteiger partial charge in [-0.2, -0.15) is 0 Å². The predicted octanol–water partition coefficient (Wildman–Crippen LogP) is 1.08. The molecule has 0 aliphatic carbocycles. The summed E-state index contributed by atoms with van der Waals surface area (Å²) in [4.78, 5) is 2.55. The van der Waals surface area contributed by atoms with E-state index in [4.69, 9.17) is 0 Å². The Kier molecular flexibility index (Phi) is 2.37. The Hall–Kier alpha value is -0.0800. The van der Waals surface area contributed by atoms with Crippen LogP contribution in [-0.4, -0.2) is 37.1 Å². The summed E-state index contributed by atoms with van der Waals surface area (Å²) in [5, 5.41) is 3.54. The molecule has 2 heterocycles. The lowest BCUT2D eigenvalue weighted by Gasteiger charge is -2.25. The van der Waals surface area contributed by atoms with Gasteiger partial charge in [-0.3, -0.25) is 0 Å². The van der Waals surface area contributed by atoms with Crippen molar-refractivity contribution in [3.63, 3.8) is 0 Å². The maximum atomic E-state index is 3.54. The molecule has 2 saturated heterocycles. The molecule has 2 fully saturated rings. The first kappa shape index (κ1) is 8.52. The smallest absolute Gasteiger partial charge is 0.0134 e. The van der Waals surface area contributed by atoms with Crippen molar-refractivity contribution < 1.29 is 0 Å². The van der Waals surface area contributed by atoms with Gasteiger partial charge in [-0.25, -0.2) is 0 Å². The first-order valence-corrected chi connectivity index (χ1v) is 5.21. The lowest BCUT2D eigenvalue weighted by molar-refractivity contribution is 0.236. The van der Waals surface area contributed by atoms with Gasteiger partial charge in [0.05, 0.1) is 0 Å². The van der Waals surface area contributed by atoms with Crippen molar-refractivity contribution in [2.24, 2.45) is 5.92 Å². The Morgan fingerprint density at radius 1 is 1.42 bits per heavy atom. The van der Waals surface area contributed by atoms with Crippen molar-refractivity contribution in [1.29, 1.82) is 0 Å². The van der Waals surface area contributed by atoms with Gasteiger partial charge in [-0.1, -0.05) is 0 Å². The van der Waals surface area contributed by atoms with Crippen molar-refractivity contribution in [1.82, 2.24) is 10.2 Å². The summed E-state index contributed by atoms with van der Waals surface area (Å²) in [5.41, 5.74) is 0. The highest BCUT2D eigenvalue weighted by molar-refractivity contribution is 4.90. The molecule has 0 bridgehead atoms. The van der Waals surface area contributed by atoms with Gasteiger partial charge >= 0.3 is 0 Å². The summed E-state index contributed by atoms with van der Waals surface area (Å²) in [6.07, 6.45) is 4.22. The van der Waals surface area contributed by atoms with Gasteiger partial charge in [0.15, 0.2) is 0 Å². The van der Waals surface area contributed by atoms with Crippen molar-refractivity contribution >= 4 is 0 Å². The van der Waals surface area contributed by atoms with Crippen molar-refractivity contribution in [2.75, 3.05) is 20.1 Å². The molecule has 2 heteroatoms. The minimum Gasteiger partial charge on any atom is -0.314 e. The van der Waals surface area contributed by atoms with Gasteiger partial charge < -0.3 is 10.2 Å². The highest BCUT2D eigenvalue weighted by Crippen LogP contribution is 2.27. The first-order valence-electron chi connectivity index (χ1n) is 5.21. The average molecular weight is 168 g/mol. The summed E-state index contributed by atoms with van der Waals surface area (Å²) < 4.78 is 0. The molecule has 3 atom stereocenters. The van der Waals surface area contributed by atoms with Gasteiger partial charge in [0.2, 0.25) is 0 Å². The Balaban J connectivity index is 1.91. The third kappa shape index (κ3) is 1.50. The van der Waals surface area contributed by atoms with Crippen LogP contribution in [0.25, 0.3) is 0 Å². The number of nitrogens with zero attached hydrogens (tertiary/aromatic N) is 1. The van der Waals surface area contributed by atoms with Crippen molar-refractivity contribution in [2.45, 2.75) is 38.3 Å². The zero-order valence-electron chi connectivity index (χ0n) is 8.21. The minimum atomic E-state index is 0.754. The van der Waals surface area contributed by atoms with Gasteiger partial charge in [0.25, 0.3) is 0 Å². The molecule has 12 heavy (non-hydrogen) atoms. The summed E-state index contributed by atoms with van der Waals surface area (Å²) >= 11 is 0. The highest BCUT2D eigenvalue weighted by atomic mass is 15.2. The van der Waals surface area contributed by atoms with E-state index in [9.17, 15) is 0 Å². The van der Waals surface area contributed by atoms with Gasteiger partial charge in [0.1, 0.15) is 0 Å². The Morgan fingerprint density at radius 3 is 2.75 bits per heavy atom. The molecule has 70 valence electrons. The molecule has 2 aliphatic rings. The Labute approximate surface area is 75.3 Å². The highest BCUT2D eigenvalue weighted by Gasteiger charge is 2.33. The summed E-state index contributed by atoms with van der Waals surface area (Å²) in [6, 6.07) is 1.63. The lowest BCUT2D eigenvalue weighted by atomic mass is 9.95. The zero-order valence-corrected chi connectivity index (χ0v) is 8.21. The first-order chi connectivity index (χ1) is 5.77. The summed E-state index contributed by atoms with van der Waals surface area (Å²) in [5.74, 6) is 0.924. The Bertz CT molecular complexity index is 158. The van der Waals surface area contributed by atoms with E-state index in [1.54, 1.807) is 0 Å². The van der Waals surface area contributed by atoms with Crippen molar-refractivity contribution in [3.05, 3.63) is 0 Å². The van der Waals surface area contributed by atoms with E-state index in [0.717, 1.165) is 18.0 Å². The van der Waals surface area contributed by atoms with Crippen molar-refractivity contribution in [3.8, 4) is 0 Å². The number of likely N-dealkylation sites (tertiary alicyclic amines) is 1. The molecule has 0 spiro atoms. The van der Waals surface area contributed by atoms with Gasteiger partial charge in [-0.15, -0.1) is 0 Å². The molecule has 0 saturated carbocycles. The van der Waals surface area contributed by atoms with Crippen LogP contribution in [0.4, 0.5) is 0 Å². The van der Waals surface area contributed by atoms with Crippen LogP contribution in [0.5, 0.6) is 0 Å². The molecule has 0 aromatic carbocycles. The van der Waals surface area contributed by atoms with E-state index in [2.05, 4.69) is 24.2 Å². The second-order valence-corrected chi connectivity index (χ2v) is 4.50. The fraction of sp³-hybridized carbons (Fsp3) is 1.00. The normalized spacial score (nSPS) is 44.0. The van der Waals surface area contributed by atoms with Gasteiger partial charge in [-0.05, 0) is 52.2 Å². The van der Waals surface area contributed by atoms with E-state index in [-0.39, 0.29) is 0 Å². The molecular formula is C10H20N2. The van der Waals surface area contributed by atoms with Gasteiger partial charge in [0, 0.05) is 12.1 Å². The summed E-state index contributed by atoms with van der Waals surface area (Å²) in [7, 11) is 2.28. The molecule has 2 rings (SSSR count). The molecule has 2 aliphatic heterocycles. The monoisotopic (exact) mass is 168 g/mol. The SMILES string of the molecule is CC1CC(C2CCCN2C)CN1. The summed E-state index contributed by atoms with van der Waals surface area (Å²) in [6.45, 7) is 4.86. The quantitative estimate of drug-likeness (QED) is 0.630. The third-order valence-corrected chi connectivity index (χ3v) is 3.51. The molecule has 3 unspecified atom stereocenters. The van der Waals surface area contributed by atoms with Crippen LogP contribution in [-0.2, 0) is 0 Å². The molecular weight excluding hydrogens is 148 g/mol. The van der Waals surface area contributed by atoms with Crippen LogP contribution in [0.15, 0.2) is 0 Å². The number of rotatable bonds is 1. The maximum Gasteiger partial charge on any atom is 0.0134 e. The standard InChI is InChI=1S/C10H20N2/c1-8-6-9(7-11-8)10-4-3-5-12(10)2/h8-11H,3-7H2,1-2H3. The Morgan fingerprint density at radius 2 is 2.25 bits per heavy atom. The fourth-order valence-electron chi connectivity index (χ4n) is 2.80. The van der Waals surface area contributed by atoms with Crippen LogP contribution in [0.1, 0.15) is 26.2 Å². The molecule has 0 amide bonds. The fourth-order valence-corrected chi connectivity index (χ4v) is 2.80. The van der Waals surface area contributed by atoms with Crippen LogP contribution in [0.2, 0.25) is 0 Å². The second kappa shape index (κ2) is 3.35. The molecule has 2 nitrogen and oxygen atoms in total. The van der Waals surface area contributed by atoms with Crippen LogP contribution in [0.3, 0.4) is 0 Å². The largest absolute Gasteiger partial charge is 0.314 e.